The Balaban J connectivity index is 1.39. The van der Waals surface area contributed by atoms with Gasteiger partial charge in [-0.15, -0.1) is 11.3 Å². The number of rotatable bonds is 7. The van der Waals surface area contributed by atoms with Gasteiger partial charge in [0.2, 0.25) is 0 Å². The normalized spacial score (nSPS) is 12.1. The predicted molar refractivity (Wildman–Crippen MR) is 223 cm³/mol. The van der Waals surface area contributed by atoms with Crippen LogP contribution in [0.3, 0.4) is 0 Å². The van der Waals surface area contributed by atoms with Gasteiger partial charge in [-0.3, -0.25) is 4.57 Å². The summed E-state index contributed by atoms with van der Waals surface area (Å²) in [6, 6.07) is 41.5. The summed E-state index contributed by atoms with van der Waals surface area (Å²) in [5.74, 6) is 0.877. The largest absolute Gasteiger partial charge is 0.308 e. The van der Waals surface area contributed by atoms with E-state index in [-0.39, 0.29) is 0 Å². The van der Waals surface area contributed by atoms with Crippen LogP contribution in [-0.2, 0) is 0 Å². The monoisotopic (exact) mass is 673 g/mol. The van der Waals surface area contributed by atoms with Crippen molar-refractivity contribution in [2.75, 3.05) is 0 Å². The minimum absolute atomic E-state index is 0.877. The predicted octanol–water partition coefficient (Wildman–Crippen LogP) is 13.5. The second kappa shape index (κ2) is 12.3. The molecule has 0 bridgehead atoms. The number of hydrogen-bond acceptors (Lipinski definition) is 2. The van der Waals surface area contributed by atoms with E-state index in [1.54, 1.807) is 0 Å². The molecule has 9 aromatic rings. The molecule has 4 heteroatoms. The highest BCUT2D eigenvalue weighted by molar-refractivity contribution is 7.27. The van der Waals surface area contributed by atoms with Gasteiger partial charge < -0.3 is 4.57 Å². The molecule has 0 amide bonds. The van der Waals surface area contributed by atoms with Gasteiger partial charge in [0.25, 0.3) is 0 Å². The minimum atomic E-state index is 0.877. The van der Waals surface area contributed by atoms with E-state index in [0.29, 0.717) is 0 Å². The standard InChI is InChI=1S/C47H35N3S/c1-5-16-34-30(7-3)26-29-40-43(34)44-36-21-13-12-20-35(36)42-37-22-14-15-23-41(37)51-46(42)45(44)49(40)33-27-24-31(25-28-33)47-48-38(17-6-2)39(8-4)50(47)32-18-10-9-11-19-32/h5-29H,3-4H2,1-2H3/b16-5-,17-6-. The van der Waals surface area contributed by atoms with E-state index in [1.807, 2.05) is 48.6 Å². The molecule has 0 atom stereocenters. The maximum Gasteiger partial charge on any atom is 0.145 e. The van der Waals surface area contributed by atoms with Crippen LogP contribution in [0.2, 0.25) is 0 Å². The molecule has 3 heterocycles. The summed E-state index contributed by atoms with van der Waals surface area (Å²) in [6.45, 7) is 12.5. The third-order valence-corrected chi connectivity index (χ3v) is 11.1. The van der Waals surface area contributed by atoms with Crippen molar-refractivity contribution >= 4 is 88.4 Å². The van der Waals surface area contributed by atoms with Crippen LogP contribution in [0.5, 0.6) is 0 Å². The quantitative estimate of drug-likeness (QED) is 0.165. The number of hydrogen-bond donors (Lipinski definition) is 0. The lowest BCUT2D eigenvalue weighted by molar-refractivity contribution is 1.05. The summed E-state index contributed by atoms with van der Waals surface area (Å²) in [5.41, 5.74) is 9.75. The fourth-order valence-corrected chi connectivity index (χ4v) is 9.07. The van der Waals surface area contributed by atoms with E-state index < -0.39 is 0 Å². The Labute approximate surface area is 301 Å². The zero-order valence-corrected chi connectivity index (χ0v) is 29.4. The third-order valence-electron chi connectivity index (χ3n) is 9.90. The average Bonchev–Trinajstić information content (AvgIpc) is 3.86. The van der Waals surface area contributed by atoms with Crippen LogP contribution in [0.15, 0.2) is 141 Å². The summed E-state index contributed by atoms with van der Waals surface area (Å²) in [7, 11) is 0. The molecule has 0 unspecified atom stereocenters. The molecule has 0 N–H and O–H groups in total. The lowest BCUT2D eigenvalue weighted by atomic mass is 9.95. The molecule has 0 saturated carbocycles. The Hall–Kier alpha value is -6.23. The number of fused-ring (bicyclic) bond motifs is 10. The van der Waals surface area contributed by atoms with Gasteiger partial charge in [0.05, 0.1) is 27.1 Å². The van der Waals surface area contributed by atoms with Crippen LogP contribution in [0.4, 0.5) is 0 Å². The Morgan fingerprint density at radius 1 is 0.608 bits per heavy atom. The molecule has 0 fully saturated rings. The van der Waals surface area contributed by atoms with Crippen molar-refractivity contribution in [3.05, 3.63) is 163 Å². The molecule has 244 valence electrons. The van der Waals surface area contributed by atoms with Crippen molar-refractivity contribution < 1.29 is 0 Å². The molecule has 0 radical (unpaired) electrons. The van der Waals surface area contributed by atoms with Crippen LogP contribution < -0.4 is 0 Å². The average molecular weight is 674 g/mol. The maximum absolute atomic E-state index is 5.14. The highest BCUT2D eigenvalue weighted by Gasteiger charge is 2.24. The van der Waals surface area contributed by atoms with Gasteiger partial charge in [0.1, 0.15) is 5.82 Å². The number of imidazole rings is 1. The SMILES string of the molecule is C=Cc1ccc2c(c1/C=C\C)c1c3ccccc3c3c4ccccc4sc3c1n2-c1ccc(-c2nc(/C=C\C)c(C=C)n2-c2ccccc2)cc1. The van der Waals surface area contributed by atoms with Crippen molar-refractivity contribution in [1.29, 1.82) is 0 Å². The Morgan fingerprint density at radius 3 is 1.98 bits per heavy atom. The Kier molecular flexibility index (Phi) is 7.41. The topological polar surface area (TPSA) is 22.8 Å². The highest BCUT2D eigenvalue weighted by Crippen LogP contribution is 2.49. The van der Waals surface area contributed by atoms with Crippen molar-refractivity contribution in [3.8, 4) is 22.8 Å². The molecule has 0 saturated heterocycles. The number of benzene rings is 6. The summed E-state index contributed by atoms with van der Waals surface area (Å²) >= 11 is 1.88. The Bertz CT molecular complexity index is 2890. The molecule has 9 rings (SSSR count). The van der Waals surface area contributed by atoms with E-state index in [4.69, 9.17) is 4.98 Å². The molecule has 51 heavy (non-hydrogen) atoms. The van der Waals surface area contributed by atoms with E-state index >= 15 is 0 Å². The van der Waals surface area contributed by atoms with Crippen LogP contribution in [-0.4, -0.2) is 14.1 Å². The van der Waals surface area contributed by atoms with E-state index in [1.165, 1.54) is 58.3 Å². The van der Waals surface area contributed by atoms with Crippen molar-refractivity contribution in [1.82, 2.24) is 14.1 Å². The van der Waals surface area contributed by atoms with E-state index in [9.17, 15) is 0 Å². The Morgan fingerprint density at radius 2 is 1.27 bits per heavy atom. The fraction of sp³-hybridized carbons (Fsp3) is 0.0426. The smallest absolute Gasteiger partial charge is 0.145 e. The minimum Gasteiger partial charge on any atom is -0.308 e. The number of para-hydroxylation sites is 1. The van der Waals surface area contributed by atoms with Gasteiger partial charge in [-0.2, -0.15) is 0 Å². The molecule has 0 aliphatic rings. The van der Waals surface area contributed by atoms with Crippen molar-refractivity contribution in [2.45, 2.75) is 13.8 Å². The van der Waals surface area contributed by atoms with Crippen molar-refractivity contribution in [2.24, 2.45) is 0 Å². The highest BCUT2D eigenvalue weighted by atomic mass is 32.1. The van der Waals surface area contributed by atoms with Crippen LogP contribution in [0, 0.1) is 0 Å². The first kappa shape index (κ1) is 30.8. The van der Waals surface area contributed by atoms with Crippen molar-refractivity contribution in [3.63, 3.8) is 0 Å². The van der Waals surface area contributed by atoms with Gasteiger partial charge in [-0.25, -0.2) is 4.98 Å². The number of allylic oxidation sites excluding steroid dienone is 2. The van der Waals surface area contributed by atoms with E-state index in [2.05, 4.69) is 151 Å². The first-order valence-electron chi connectivity index (χ1n) is 17.3. The molecular weight excluding hydrogens is 639 g/mol. The molecule has 6 aromatic carbocycles. The van der Waals surface area contributed by atoms with Crippen LogP contribution in [0.1, 0.15) is 36.4 Å². The molecule has 0 spiro atoms. The first-order valence-corrected chi connectivity index (χ1v) is 18.1. The summed E-state index contributed by atoms with van der Waals surface area (Å²) in [6.07, 6.45) is 12.3. The zero-order chi connectivity index (χ0) is 34.6. The summed E-state index contributed by atoms with van der Waals surface area (Å²) < 4.78 is 7.26. The molecule has 3 aromatic heterocycles. The number of thiophene rings is 1. The number of nitrogens with zero attached hydrogens (tertiary/aromatic N) is 3. The summed E-state index contributed by atoms with van der Waals surface area (Å²) in [5, 5.41) is 7.66. The van der Waals surface area contributed by atoms with Gasteiger partial charge >= 0.3 is 0 Å². The van der Waals surface area contributed by atoms with Gasteiger partial charge in [0.15, 0.2) is 0 Å². The lowest BCUT2D eigenvalue weighted by Crippen LogP contribution is -2.00. The maximum atomic E-state index is 5.14. The van der Waals surface area contributed by atoms with Gasteiger partial charge in [-0.1, -0.05) is 104 Å². The van der Waals surface area contributed by atoms with Gasteiger partial charge in [-0.05, 0) is 96.4 Å². The zero-order valence-electron chi connectivity index (χ0n) is 28.6. The van der Waals surface area contributed by atoms with Crippen LogP contribution in [0.25, 0.3) is 99.8 Å². The second-order valence-corrected chi connectivity index (χ2v) is 13.8. The second-order valence-electron chi connectivity index (χ2n) is 12.7. The molecule has 0 aliphatic heterocycles. The molecule has 0 aliphatic carbocycles. The van der Waals surface area contributed by atoms with Crippen LogP contribution >= 0.6 is 11.3 Å². The van der Waals surface area contributed by atoms with Gasteiger partial charge in [0, 0.05) is 43.2 Å². The molecular formula is C47H35N3S. The summed E-state index contributed by atoms with van der Waals surface area (Å²) in [4.78, 5) is 5.14. The lowest BCUT2D eigenvalue weighted by Gasteiger charge is -2.13. The fourth-order valence-electron chi connectivity index (χ4n) is 7.81. The molecule has 3 nitrogen and oxygen atoms in total. The first-order chi connectivity index (χ1) is 25.2. The number of aromatic nitrogens is 3. The third kappa shape index (κ3) is 4.61. The van der Waals surface area contributed by atoms with E-state index in [0.717, 1.165) is 39.7 Å².